The van der Waals surface area contributed by atoms with Crippen LogP contribution in [0.2, 0.25) is 0 Å². The minimum atomic E-state index is -4.01. The van der Waals surface area contributed by atoms with Gasteiger partial charge in [0.15, 0.2) is 0 Å². The zero-order chi connectivity index (χ0) is 15.0. The first kappa shape index (κ1) is 15.6. The molecule has 2 aliphatic heterocycles. The summed E-state index contributed by atoms with van der Waals surface area (Å²) in [6, 6.07) is 1.50. The lowest BCUT2D eigenvalue weighted by molar-refractivity contribution is -0.183. The second-order valence-corrected chi connectivity index (χ2v) is 7.40. The molecule has 1 saturated carbocycles. The van der Waals surface area contributed by atoms with Crippen LogP contribution >= 0.6 is 0 Å². The lowest BCUT2D eigenvalue weighted by atomic mass is 9.84. The number of nitrogens with one attached hydrogen (secondary N) is 1. The summed E-state index contributed by atoms with van der Waals surface area (Å²) in [6.07, 6.45) is 3.25. The Morgan fingerprint density at radius 2 is 1.67 bits per heavy atom. The van der Waals surface area contributed by atoms with Gasteiger partial charge in [-0.1, -0.05) is 6.42 Å². The summed E-state index contributed by atoms with van der Waals surface area (Å²) in [5.41, 5.74) is 0. The number of fused-ring (bicyclic) bond motifs is 2. The SMILES string of the molecule is CN1C2CCC1CC(CNC1CCCC(C(F)(F)F)C1)C2. The van der Waals surface area contributed by atoms with E-state index in [0.29, 0.717) is 30.8 Å². The molecule has 3 fully saturated rings. The standard InChI is InChI=1S/C16H27F3N2/c1-21-14-5-6-15(21)8-11(7-14)10-20-13-4-2-3-12(9-13)16(17,18)19/h11-15,20H,2-10H2,1H3. The largest absolute Gasteiger partial charge is 0.391 e. The Morgan fingerprint density at radius 1 is 1.00 bits per heavy atom. The second kappa shape index (κ2) is 6.07. The molecule has 0 aromatic carbocycles. The summed E-state index contributed by atoms with van der Waals surface area (Å²) in [6.45, 7) is 0.913. The molecule has 4 atom stereocenters. The number of hydrogen-bond donors (Lipinski definition) is 1. The van der Waals surface area contributed by atoms with Crippen LogP contribution in [0.3, 0.4) is 0 Å². The van der Waals surface area contributed by atoms with Gasteiger partial charge in [0.1, 0.15) is 0 Å². The van der Waals surface area contributed by atoms with Crippen LogP contribution in [0.4, 0.5) is 13.2 Å². The van der Waals surface area contributed by atoms with Gasteiger partial charge in [0, 0.05) is 18.1 Å². The normalized spacial score (nSPS) is 41.4. The first-order valence-electron chi connectivity index (χ1n) is 8.45. The van der Waals surface area contributed by atoms with Crippen LogP contribution in [0.5, 0.6) is 0 Å². The van der Waals surface area contributed by atoms with Crippen LogP contribution in [0.15, 0.2) is 0 Å². The van der Waals surface area contributed by atoms with Gasteiger partial charge >= 0.3 is 6.18 Å². The first-order valence-corrected chi connectivity index (χ1v) is 8.45. The highest BCUT2D eigenvalue weighted by Gasteiger charge is 2.42. The molecule has 1 N–H and O–H groups in total. The van der Waals surface area contributed by atoms with E-state index in [-0.39, 0.29) is 12.5 Å². The van der Waals surface area contributed by atoms with Crippen LogP contribution < -0.4 is 5.32 Å². The molecule has 0 spiro atoms. The van der Waals surface area contributed by atoms with E-state index < -0.39 is 12.1 Å². The zero-order valence-electron chi connectivity index (χ0n) is 12.8. The van der Waals surface area contributed by atoms with Crippen LogP contribution in [-0.2, 0) is 0 Å². The van der Waals surface area contributed by atoms with Crippen molar-refractivity contribution in [3.8, 4) is 0 Å². The monoisotopic (exact) mass is 304 g/mol. The van der Waals surface area contributed by atoms with E-state index in [9.17, 15) is 13.2 Å². The highest BCUT2D eigenvalue weighted by molar-refractivity contribution is 4.94. The van der Waals surface area contributed by atoms with E-state index in [4.69, 9.17) is 0 Å². The third kappa shape index (κ3) is 3.55. The fourth-order valence-corrected chi connectivity index (χ4v) is 4.70. The Morgan fingerprint density at radius 3 is 2.29 bits per heavy atom. The highest BCUT2D eigenvalue weighted by Crippen LogP contribution is 2.39. The highest BCUT2D eigenvalue weighted by atomic mass is 19.4. The van der Waals surface area contributed by atoms with Crippen LogP contribution in [0.25, 0.3) is 0 Å². The molecule has 2 bridgehead atoms. The average molecular weight is 304 g/mol. The number of nitrogens with zero attached hydrogens (tertiary/aromatic N) is 1. The van der Waals surface area contributed by atoms with Crippen molar-refractivity contribution in [2.24, 2.45) is 11.8 Å². The van der Waals surface area contributed by atoms with Gasteiger partial charge in [-0.3, -0.25) is 0 Å². The Bertz CT molecular complexity index is 344. The molecule has 2 heterocycles. The summed E-state index contributed by atoms with van der Waals surface area (Å²) < 4.78 is 38.5. The van der Waals surface area contributed by atoms with E-state index in [2.05, 4.69) is 17.3 Å². The summed E-state index contributed by atoms with van der Waals surface area (Å²) in [5, 5.41) is 3.46. The number of alkyl halides is 3. The molecule has 4 unspecified atom stereocenters. The van der Waals surface area contributed by atoms with Crippen LogP contribution in [0.1, 0.15) is 51.4 Å². The lowest BCUT2D eigenvalue weighted by Gasteiger charge is -2.38. The maximum atomic E-state index is 12.8. The zero-order valence-corrected chi connectivity index (χ0v) is 12.8. The predicted molar refractivity (Wildman–Crippen MR) is 77.1 cm³/mol. The molecule has 122 valence electrons. The molecule has 5 heteroatoms. The number of rotatable bonds is 3. The minimum Gasteiger partial charge on any atom is -0.314 e. The minimum absolute atomic E-state index is 0.0719. The molecule has 2 nitrogen and oxygen atoms in total. The molecule has 0 aromatic heterocycles. The van der Waals surface area contributed by atoms with E-state index >= 15 is 0 Å². The third-order valence-electron chi connectivity index (χ3n) is 6.03. The molecule has 0 radical (unpaired) electrons. The fourth-order valence-electron chi connectivity index (χ4n) is 4.70. The smallest absolute Gasteiger partial charge is 0.314 e. The van der Waals surface area contributed by atoms with Gasteiger partial charge in [-0.25, -0.2) is 0 Å². The predicted octanol–water partition coefficient (Wildman–Crippen LogP) is 3.57. The Kier molecular flexibility index (Phi) is 4.51. The number of hydrogen-bond acceptors (Lipinski definition) is 2. The second-order valence-electron chi connectivity index (χ2n) is 7.40. The third-order valence-corrected chi connectivity index (χ3v) is 6.03. The van der Waals surface area contributed by atoms with Gasteiger partial charge in [-0.05, 0) is 64.5 Å². The molecule has 21 heavy (non-hydrogen) atoms. The van der Waals surface area contributed by atoms with Crippen LogP contribution in [0, 0.1) is 11.8 Å². The fraction of sp³-hybridized carbons (Fsp3) is 1.00. The van der Waals surface area contributed by atoms with Gasteiger partial charge in [-0.15, -0.1) is 0 Å². The van der Waals surface area contributed by atoms with Gasteiger partial charge < -0.3 is 10.2 Å². The summed E-state index contributed by atoms with van der Waals surface area (Å²) in [5.74, 6) is -0.428. The van der Waals surface area contributed by atoms with Crippen molar-refractivity contribution in [3.05, 3.63) is 0 Å². The molecule has 3 aliphatic rings. The van der Waals surface area contributed by atoms with Gasteiger partial charge in [0.2, 0.25) is 0 Å². The van der Waals surface area contributed by atoms with E-state index in [1.807, 2.05) is 0 Å². The molecule has 0 aromatic rings. The van der Waals surface area contributed by atoms with Crippen LogP contribution in [-0.4, -0.2) is 42.8 Å². The summed E-state index contributed by atoms with van der Waals surface area (Å²) >= 11 is 0. The van der Waals surface area contributed by atoms with Gasteiger partial charge in [-0.2, -0.15) is 13.2 Å². The van der Waals surface area contributed by atoms with Crippen molar-refractivity contribution in [1.29, 1.82) is 0 Å². The topological polar surface area (TPSA) is 15.3 Å². The maximum Gasteiger partial charge on any atom is 0.391 e. The Balaban J connectivity index is 1.45. The first-order chi connectivity index (χ1) is 9.93. The molecular formula is C16H27F3N2. The summed E-state index contributed by atoms with van der Waals surface area (Å²) in [7, 11) is 2.22. The van der Waals surface area contributed by atoms with Crippen molar-refractivity contribution in [2.45, 2.75) is 75.7 Å². The molecule has 0 amide bonds. The van der Waals surface area contributed by atoms with E-state index in [0.717, 1.165) is 13.0 Å². The van der Waals surface area contributed by atoms with Crippen molar-refractivity contribution >= 4 is 0 Å². The number of piperidine rings is 1. The van der Waals surface area contributed by atoms with E-state index in [1.165, 1.54) is 25.7 Å². The molecule has 1 aliphatic carbocycles. The maximum absolute atomic E-state index is 12.8. The molecule has 2 saturated heterocycles. The van der Waals surface area contributed by atoms with Gasteiger partial charge in [0.25, 0.3) is 0 Å². The Labute approximate surface area is 125 Å². The van der Waals surface area contributed by atoms with Gasteiger partial charge in [0.05, 0.1) is 5.92 Å². The molecule has 3 rings (SSSR count). The quantitative estimate of drug-likeness (QED) is 0.857. The number of halogens is 3. The van der Waals surface area contributed by atoms with E-state index in [1.54, 1.807) is 0 Å². The van der Waals surface area contributed by atoms with Crippen molar-refractivity contribution in [3.63, 3.8) is 0 Å². The average Bonchev–Trinajstić information content (AvgIpc) is 2.66. The molecular weight excluding hydrogens is 277 g/mol. The lowest BCUT2D eigenvalue weighted by Crippen LogP contribution is -2.45. The summed E-state index contributed by atoms with van der Waals surface area (Å²) in [4.78, 5) is 2.51. The van der Waals surface area contributed by atoms with Crippen molar-refractivity contribution < 1.29 is 13.2 Å². The Hall–Kier alpha value is -0.290. The van der Waals surface area contributed by atoms with Crippen molar-refractivity contribution in [1.82, 2.24) is 10.2 Å². The van der Waals surface area contributed by atoms with Crippen molar-refractivity contribution in [2.75, 3.05) is 13.6 Å².